The molecule has 0 aliphatic carbocycles. The van der Waals surface area contributed by atoms with E-state index in [1.807, 2.05) is 18.2 Å². The third-order valence-electron chi connectivity index (χ3n) is 4.65. The average molecular weight is 467 g/mol. The van der Waals surface area contributed by atoms with Crippen molar-refractivity contribution >= 4 is 33.8 Å². The molecule has 2 aromatic carbocycles. The summed E-state index contributed by atoms with van der Waals surface area (Å²) in [6.07, 6.45) is -1.06. The van der Waals surface area contributed by atoms with Crippen LogP contribution >= 0.6 is 15.9 Å². The van der Waals surface area contributed by atoms with Gasteiger partial charge in [-0.2, -0.15) is 13.2 Å². The Bertz CT molecular complexity index is 940. The van der Waals surface area contributed by atoms with Gasteiger partial charge in [0.2, 0.25) is 11.8 Å². The van der Waals surface area contributed by atoms with Gasteiger partial charge in [-0.3, -0.25) is 9.59 Å². The maximum absolute atomic E-state index is 12.5. The fraction of sp³-hybridized carbons (Fsp3) is 0.238. The zero-order valence-electron chi connectivity index (χ0n) is 15.3. The number of nitrogens with zero attached hydrogens (tertiary/aromatic N) is 1. The van der Waals surface area contributed by atoms with Gasteiger partial charge in [-0.1, -0.05) is 40.2 Å². The summed E-state index contributed by atoms with van der Waals surface area (Å²) in [5.74, 6) is -0.681. The Morgan fingerprint density at radius 1 is 1.14 bits per heavy atom. The summed E-state index contributed by atoms with van der Waals surface area (Å²) >= 11 is 3.50. The lowest BCUT2D eigenvalue weighted by Crippen LogP contribution is -2.42. The van der Waals surface area contributed by atoms with Crippen LogP contribution in [0.25, 0.3) is 6.08 Å². The van der Waals surface area contributed by atoms with Crippen LogP contribution in [0, 0.1) is 0 Å². The van der Waals surface area contributed by atoms with Crippen molar-refractivity contribution in [2.45, 2.75) is 19.1 Å². The van der Waals surface area contributed by atoms with Crippen LogP contribution in [0.3, 0.4) is 0 Å². The lowest BCUT2D eigenvalue weighted by Gasteiger charge is -2.29. The van der Waals surface area contributed by atoms with Crippen LogP contribution in [0.4, 0.5) is 13.2 Å². The summed E-state index contributed by atoms with van der Waals surface area (Å²) in [6.45, 7) is 0.919. The largest absolute Gasteiger partial charge is 0.416 e. The van der Waals surface area contributed by atoms with Crippen LogP contribution in [0.5, 0.6) is 0 Å². The second-order valence-electron chi connectivity index (χ2n) is 6.61. The van der Waals surface area contributed by atoms with Gasteiger partial charge in [0.1, 0.15) is 0 Å². The average Bonchev–Trinajstić information content (AvgIpc) is 2.70. The van der Waals surface area contributed by atoms with E-state index < -0.39 is 17.6 Å². The van der Waals surface area contributed by atoms with E-state index in [9.17, 15) is 22.8 Å². The highest BCUT2D eigenvalue weighted by molar-refractivity contribution is 9.10. The first kappa shape index (κ1) is 21.1. The van der Waals surface area contributed by atoms with Crippen molar-refractivity contribution in [1.29, 1.82) is 0 Å². The maximum Gasteiger partial charge on any atom is 0.416 e. The van der Waals surface area contributed by atoms with Gasteiger partial charge in [-0.05, 0) is 47.4 Å². The van der Waals surface area contributed by atoms with Crippen LogP contribution in [0.1, 0.15) is 22.3 Å². The first-order valence-electron chi connectivity index (χ1n) is 8.91. The normalized spacial score (nSPS) is 14.0. The molecule has 8 heteroatoms. The fourth-order valence-electron chi connectivity index (χ4n) is 3.04. The van der Waals surface area contributed by atoms with Gasteiger partial charge in [0.05, 0.1) is 12.1 Å². The first-order valence-corrected chi connectivity index (χ1v) is 9.70. The molecule has 0 spiro atoms. The van der Waals surface area contributed by atoms with Crippen molar-refractivity contribution < 1.29 is 22.8 Å². The Kier molecular flexibility index (Phi) is 6.42. The molecule has 29 heavy (non-hydrogen) atoms. The minimum Gasteiger partial charge on any atom is -0.343 e. The Morgan fingerprint density at radius 2 is 1.86 bits per heavy atom. The second-order valence-corrected chi connectivity index (χ2v) is 7.47. The van der Waals surface area contributed by atoms with Crippen molar-refractivity contribution in [3.8, 4) is 0 Å². The van der Waals surface area contributed by atoms with E-state index in [0.29, 0.717) is 18.7 Å². The van der Waals surface area contributed by atoms with Crippen LogP contribution in [0.2, 0.25) is 0 Å². The number of carbonyl (C=O) groups excluding carboxylic acids is 2. The number of hydrogen-bond acceptors (Lipinski definition) is 2. The predicted octanol–water partition coefficient (Wildman–Crippen LogP) is 4.18. The van der Waals surface area contributed by atoms with Crippen molar-refractivity contribution in [2.75, 3.05) is 13.1 Å². The molecule has 3 rings (SSSR count). The lowest BCUT2D eigenvalue weighted by molar-refractivity contribution is -0.137. The van der Waals surface area contributed by atoms with E-state index in [2.05, 4.69) is 21.2 Å². The molecule has 0 radical (unpaired) electrons. The SMILES string of the molecule is O=C(/C=C/c1ccc(C(F)(F)F)cc1)NCC(=O)N1CCc2cccc(Br)c2C1. The second kappa shape index (κ2) is 8.82. The van der Waals surface area contributed by atoms with Crippen molar-refractivity contribution in [1.82, 2.24) is 10.2 Å². The highest BCUT2D eigenvalue weighted by Gasteiger charge is 2.29. The molecule has 1 N–H and O–H groups in total. The molecule has 0 saturated heterocycles. The standard InChI is InChI=1S/C21H18BrF3N2O2/c22-18-3-1-2-15-10-11-27(13-17(15)18)20(29)12-26-19(28)9-6-14-4-7-16(8-5-14)21(23,24)25/h1-9H,10-13H2,(H,26,28)/b9-6+. The van der Waals surface area contributed by atoms with Gasteiger partial charge < -0.3 is 10.2 Å². The van der Waals surface area contributed by atoms with Crippen molar-refractivity contribution in [3.05, 3.63) is 75.3 Å². The molecular formula is C21H18BrF3N2O2. The Labute approximate surface area is 174 Å². The number of rotatable bonds is 4. The monoisotopic (exact) mass is 466 g/mol. The molecule has 1 aliphatic heterocycles. The molecule has 2 amide bonds. The van der Waals surface area contributed by atoms with Crippen LogP contribution in [0.15, 0.2) is 53.0 Å². The highest BCUT2D eigenvalue weighted by atomic mass is 79.9. The first-order chi connectivity index (χ1) is 13.7. The quantitative estimate of drug-likeness (QED) is 0.687. The molecule has 0 saturated carbocycles. The lowest BCUT2D eigenvalue weighted by atomic mass is 10.00. The van der Waals surface area contributed by atoms with Crippen LogP contribution < -0.4 is 5.32 Å². The van der Waals surface area contributed by atoms with E-state index in [1.165, 1.54) is 29.8 Å². The Morgan fingerprint density at radius 3 is 2.55 bits per heavy atom. The number of halogens is 4. The van der Waals surface area contributed by atoms with E-state index in [-0.39, 0.29) is 12.5 Å². The topological polar surface area (TPSA) is 49.4 Å². The van der Waals surface area contributed by atoms with Gasteiger partial charge >= 0.3 is 6.18 Å². The minimum absolute atomic E-state index is 0.143. The van der Waals surface area contributed by atoms with E-state index in [4.69, 9.17) is 0 Å². The molecule has 4 nitrogen and oxygen atoms in total. The van der Waals surface area contributed by atoms with Crippen molar-refractivity contribution in [2.24, 2.45) is 0 Å². The summed E-state index contributed by atoms with van der Waals surface area (Å²) in [5.41, 5.74) is 1.98. The number of fused-ring (bicyclic) bond motifs is 1. The molecule has 1 heterocycles. The maximum atomic E-state index is 12.5. The summed E-state index contributed by atoms with van der Waals surface area (Å²) in [5, 5.41) is 2.52. The van der Waals surface area contributed by atoms with Gasteiger partial charge in [0, 0.05) is 23.6 Å². The summed E-state index contributed by atoms with van der Waals surface area (Å²) in [6, 6.07) is 10.4. The highest BCUT2D eigenvalue weighted by Crippen LogP contribution is 2.29. The van der Waals surface area contributed by atoms with Gasteiger partial charge in [0.25, 0.3) is 0 Å². The minimum atomic E-state index is -4.40. The summed E-state index contributed by atoms with van der Waals surface area (Å²) in [7, 11) is 0. The van der Waals surface area contributed by atoms with Gasteiger partial charge in [-0.15, -0.1) is 0 Å². The number of benzene rings is 2. The van der Waals surface area contributed by atoms with Gasteiger partial charge in [0.15, 0.2) is 0 Å². The van der Waals surface area contributed by atoms with Crippen molar-refractivity contribution in [3.63, 3.8) is 0 Å². The van der Waals surface area contributed by atoms with E-state index in [0.717, 1.165) is 28.6 Å². The summed E-state index contributed by atoms with van der Waals surface area (Å²) < 4.78 is 38.6. The van der Waals surface area contributed by atoms with E-state index >= 15 is 0 Å². The molecule has 0 aromatic heterocycles. The smallest absolute Gasteiger partial charge is 0.343 e. The van der Waals surface area contributed by atoms with Crippen LogP contribution in [-0.4, -0.2) is 29.8 Å². The molecule has 152 valence electrons. The van der Waals surface area contributed by atoms with Crippen LogP contribution in [-0.2, 0) is 28.7 Å². The number of carbonyl (C=O) groups is 2. The molecule has 0 unspecified atom stereocenters. The molecule has 0 atom stereocenters. The molecule has 1 aliphatic rings. The predicted molar refractivity (Wildman–Crippen MR) is 107 cm³/mol. The van der Waals surface area contributed by atoms with E-state index in [1.54, 1.807) is 4.90 Å². The molecule has 0 fully saturated rings. The third kappa shape index (κ3) is 5.47. The zero-order valence-corrected chi connectivity index (χ0v) is 16.9. The Balaban J connectivity index is 1.51. The Hall–Kier alpha value is -2.61. The number of nitrogens with one attached hydrogen (secondary N) is 1. The third-order valence-corrected chi connectivity index (χ3v) is 5.39. The number of hydrogen-bond donors (Lipinski definition) is 1. The zero-order chi connectivity index (χ0) is 21.0. The molecule has 0 bridgehead atoms. The summed E-state index contributed by atoms with van der Waals surface area (Å²) in [4.78, 5) is 26.0. The number of alkyl halides is 3. The fourth-order valence-corrected chi connectivity index (χ4v) is 3.57. The molecular weight excluding hydrogens is 449 g/mol. The number of amides is 2. The molecule has 2 aromatic rings. The van der Waals surface area contributed by atoms with Gasteiger partial charge in [-0.25, -0.2) is 0 Å².